The first-order valence-corrected chi connectivity index (χ1v) is 10.2. The van der Waals surface area contributed by atoms with Crippen LogP contribution in [0, 0.1) is 0 Å². The Morgan fingerprint density at radius 2 is 2.11 bits per heavy atom. The van der Waals surface area contributed by atoms with Crippen LogP contribution in [-0.2, 0) is 4.79 Å². The van der Waals surface area contributed by atoms with E-state index in [4.69, 9.17) is 0 Å². The van der Waals surface area contributed by atoms with Gasteiger partial charge in [-0.3, -0.25) is 4.79 Å². The van der Waals surface area contributed by atoms with Gasteiger partial charge in [-0.15, -0.1) is 11.8 Å². The Bertz CT molecular complexity index is 1080. The van der Waals surface area contributed by atoms with E-state index in [1.165, 1.54) is 18.1 Å². The SMILES string of the molecule is O=C(N[C@H]1C[C@H](O)c2ccccc21)C1=CN(c2ncnc3[nH]ccc23)CCS1. The number of carbonyl (C=O) groups is 1. The van der Waals surface area contributed by atoms with E-state index in [0.29, 0.717) is 11.3 Å². The van der Waals surface area contributed by atoms with Gasteiger partial charge in [0.15, 0.2) is 0 Å². The van der Waals surface area contributed by atoms with E-state index in [9.17, 15) is 9.90 Å². The molecule has 0 spiro atoms. The van der Waals surface area contributed by atoms with Crippen LogP contribution in [-0.4, -0.2) is 38.3 Å². The summed E-state index contributed by atoms with van der Waals surface area (Å²) in [6.45, 7) is 0.768. The molecule has 142 valence electrons. The van der Waals surface area contributed by atoms with E-state index in [1.807, 2.05) is 47.6 Å². The van der Waals surface area contributed by atoms with Crippen molar-refractivity contribution in [2.45, 2.75) is 18.6 Å². The van der Waals surface area contributed by atoms with Crippen molar-refractivity contribution in [3.63, 3.8) is 0 Å². The number of H-pyrrole nitrogens is 1. The number of anilines is 1. The summed E-state index contributed by atoms with van der Waals surface area (Å²) in [5.74, 6) is 1.46. The fourth-order valence-electron chi connectivity index (χ4n) is 3.85. The maximum Gasteiger partial charge on any atom is 0.259 e. The molecular weight excluding hydrogens is 374 g/mol. The fourth-order valence-corrected chi connectivity index (χ4v) is 4.75. The number of fused-ring (bicyclic) bond motifs is 2. The monoisotopic (exact) mass is 393 g/mol. The maximum absolute atomic E-state index is 12.9. The van der Waals surface area contributed by atoms with Crippen LogP contribution in [0.4, 0.5) is 5.82 Å². The third kappa shape index (κ3) is 2.94. The molecule has 1 aliphatic heterocycles. The predicted molar refractivity (Wildman–Crippen MR) is 109 cm³/mol. The number of hydrogen-bond donors (Lipinski definition) is 3. The highest BCUT2D eigenvalue weighted by molar-refractivity contribution is 8.04. The zero-order valence-corrected chi connectivity index (χ0v) is 15.8. The third-order valence-corrected chi connectivity index (χ3v) is 6.17. The molecule has 7 nitrogen and oxygen atoms in total. The molecule has 0 fully saturated rings. The van der Waals surface area contributed by atoms with Gasteiger partial charge in [-0.2, -0.15) is 0 Å². The average Bonchev–Trinajstić information content (AvgIpc) is 3.33. The van der Waals surface area contributed by atoms with Crippen LogP contribution in [0.1, 0.15) is 29.7 Å². The molecule has 3 aromatic rings. The number of aliphatic hydroxyl groups excluding tert-OH is 1. The molecule has 8 heteroatoms. The number of aromatic amines is 1. The molecule has 28 heavy (non-hydrogen) atoms. The summed E-state index contributed by atoms with van der Waals surface area (Å²) in [7, 11) is 0. The molecule has 0 unspecified atom stereocenters. The van der Waals surface area contributed by atoms with Gasteiger partial charge in [0.25, 0.3) is 5.91 Å². The molecule has 3 N–H and O–H groups in total. The normalized spacial score (nSPS) is 21.5. The first kappa shape index (κ1) is 17.3. The van der Waals surface area contributed by atoms with E-state index in [1.54, 1.807) is 0 Å². The number of rotatable bonds is 3. The number of nitrogens with zero attached hydrogens (tertiary/aromatic N) is 3. The van der Waals surface area contributed by atoms with Gasteiger partial charge in [-0.05, 0) is 17.2 Å². The van der Waals surface area contributed by atoms with Crippen molar-refractivity contribution in [1.29, 1.82) is 0 Å². The maximum atomic E-state index is 12.9. The Morgan fingerprint density at radius 3 is 3.00 bits per heavy atom. The molecule has 3 heterocycles. The van der Waals surface area contributed by atoms with Crippen LogP contribution in [0.15, 0.2) is 54.0 Å². The molecule has 0 radical (unpaired) electrons. The molecule has 2 aliphatic rings. The van der Waals surface area contributed by atoms with E-state index >= 15 is 0 Å². The molecule has 2 atom stereocenters. The molecule has 1 aliphatic carbocycles. The molecular formula is C20H19N5O2S. The number of thioether (sulfide) groups is 1. The molecule has 0 bridgehead atoms. The summed E-state index contributed by atoms with van der Waals surface area (Å²) in [6, 6.07) is 9.49. The zero-order chi connectivity index (χ0) is 19.1. The Morgan fingerprint density at radius 1 is 1.25 bits per heavy atom. The van der Waals surface area contributed by atoms with E-state index < -0.39 is 6.10 Å². The Balaban J connectivity index is 1.39. The lowest BCUT2D eigenvalue weighted by atomic mass is 10.1. The van der Waals surface area contributed by atoms with Crippen LogP contribution in [0.5, 0.6) is 0 Å². The predicted octanol–water partition coefficient (Wildman–Crippen LogP) is 2.65. The van der Waals surface area contributed by atoms with Gasteiger partial charge in [0, 0.05) is 31.1 Å². The van der Waals surface area contributed by atoms with Crippen LogP contribution in [0.25, 0.3) is 11.0 Å². The second-order valence-electron chi connectivity index (χ2n) is 6.88. The summed E-state index contributed by atoms with van der Waals surface area (Å²) >= 11 is 1.54. The van der Waals surface area contributed by atoms with Crippen LogP contribution < -0.4 is 10.2 Å². The number of aliphatic hydroxyl groups is 1. The van der Waals surface area contributed by atoms with Gasteiger partial charge in [-0.25, -0.2) is 9.97 Å². The summed E-state index contributed by atoms with van der Waals surface area (Å²) in [6.07, 6.45) is 5.19. The molecule has 1 amide bonds. The second-order valence-corrected chi connectivity index (χ2v) is 8.02. The molecule has 2 aromatic heterocycles. The van der Waals surface area contributed by atoms with Crippen molar-refractivity contribution in [3.05, 3.63) is 65.1 Å². The van der Waals surface area contributed by atoms with Crippen molar-refractivity contribution in [3.8, 4) is 0 Å². The van der Waals surface area contributed by atoms with Crippen LogP contribution in [0.2, 0.25) is 0 Å². The number of hydrogen-bond acceptors (Lipinski definition) is 6. The topological polar surface area (TPSA) is 94.1 Å². The number of benzene rings is 1. The van der Waals surface area contributed by atoms with Crippen molar-refractivity contribution in [2.75, 3.05) is 17.2 Å². The lowest BCUT2D eigenvalue weighted by Crippen LogP contribution is -2.32. The van der Waals surface area contributed by atoms with Gasteiger partial charge >= 0.3 is 0 Å². The average molecular weight is 393 g/mol. The standard InChI is InChI=1S/C20H19N5O2S/c26-16-9-15(12-3-1-2-4-13(12)16)24-20(27)17-10-25(7-8-28-17)19-14-5-6-21-18(14)22-11-23-19/h1-6,10-11,15-16,26H,7-9H2,(H,24,27)(H,21,22,23)/t15-,16-/m0/s1. The Labute approximate surface area is 165 Å². The summed E-state index contributed by atoms with van der Waals surface area (Å²) in [4.78, 5) is 27.3. The number of carbonyl (C=O) groups excluding carboxylic acids is 1. The molecule has 5 rings (SSSR count). The quantitative estimate of drug-likeness (QED) is 0.633. The second kappa shape index (κ2) is 6.96. The van der Waals surface area contributed by atoms with Gasteiger partial charge in [0.2, 0.25) is 0 Å². The first-order chi connectivity index (χ1) is 13.7. The summed E-state index contributed by atoms with van der Waals surface area (Å²) < 4.78 is 0. The lowest BCUT2D eigenvalue weighted by molar-refractivity contribution is -0.117. The molecule has 0 saturated heterocycles. The first-order valence-electron chi connectivity index (χ1n) is 9.18. The van der Waals surface area contributed by atoms with Gasteiger partial charge in [-0.1, -0.05) is 24.3 Å². The highest BCUT2D eigenvalue weighted by atomic mass is 32.2. The lowest BCUT2D eigenvalue weighted by Gasteiger charge is -2.26. The van der Waals surface area contributed by atoms with Crippen molar-refractivity contribution >= 4 is 34.5 Å². The minimum Gasteiger partial charge on any atom is -0.388 e. The van der Waals surface area contributed by atoms with Crippen molar-refractivity contribution < 1.29 is 9.90 Å². The highest BCUT2D eigenvalue weighted by Gasteiger charge is 2.31. The van der Waals surface area contributed by atoms with Crippen molar-refractivity contribution in [1.82, 2.24) is 20.3 Å². The summed E-state index contributed by atoms with van der Waals surface area (Å²) in [5, 5.41) is 14.3. The molecule has 1 aromatic carbocycles. The van der Waals surface area contributed by atoms with E-state index in [-0.39, 0.29) is 11.9 Å². The number of aromatic nitrogens is 3. The number of amides is 1. The van der Waals surface area contributed by atoms with E-state index in [2.05, 4.69) is 20.3 Å². The Kier molecular flexibility index (Phi) is 4.29. The summed E-state index contributed by atoms with van der Waals surface area (Å²) in [5.41, 5.74) is 2.67. The van der Waals surface area contributed by atoms with E-state index in [0.717, 1.165) is 40.3 Å². The smallest absolute Gasteiger partial charge is 0.259 e. The number of nitrogens with one attached hydrogen (secondary N) is 2. The fraction of sp³-hybridized carbons (Fsp3) is 0.250. The minimum atomic E-state index is -0.533. The van der Waals surface area contributed by atoms with Crippen molar-refractivity contribution in [2.24, 2.45) is 0 Å². The van der Waals surface area contributed by atoms with Gasteiger partial charge in [0.05, 0.1) is 22.4 Å². The highest BCUT2D eigenvalue weighted by Crippen LogP contribution is 2.39. The Hall–Kier alpha value is -2.84. The minimum absolute atomic E-state index is 0.122. The van der Waals surface area contributed by atoms with Gasteiger partial charge in [0.1, 0.15) is 17.8 Å². The zero-order valence-electron chi connectivity index (χ0n) is 15.0. The largest absolute Gasteiger partial charge is 0.388 e. The van der Waals surface area contributed by atoms with Gasteiger partial charge < -0.3 is 20.3 Å². The third-order valence-electron chi connectivity index (χ3n) is 5.19. The van der Waals surface area contributed by atoms with Crippen LogP contribution >= 0.6 is 11.8 Å². The molecule has 0 saturated carbocycles. The van der Waals surface area contributed by atoms with Crippen LogP contribution in [0.3, 0.4) is 0 Å².